The number of hydrogen-bond acceptors (Lipinski definition) is 6. The second-order valence-corrected chi connectivity index (χ2v) is 10.5. The lowest BCUT2D eigenvalue weighted by Gasteiger charge is -2.31. The lowest BCUT2D eigenvalue weighted by atomic mass is 9.95. The van der Waals surface area contributed by atoms with Gasteiger partial charge in [0.05, 0.1) is 25.2 Å². The predicted octanol–water partition coefficient (Wildman–Crippen LogP) is 3.49. The van der Waals surface area contributed by atoms with Gasteiger partial charge in [-0.15, -0.1) is 0 Å². The average Bonchev–Trinajstić information content (AvgIpc) is 2.83. The molecule has 2 aromatic rings. The molecule has 8 nitrogen and oxygen atoms in total. The van der Waals surface area contributed by atoms with Crippen molar-refractivity contribution in [2.45, 2.75) is 44.6 Å². The molecule has 0 radical (unpaired) electrons. The van der Waals surface area contributed by atoms with E-state index in [0.717, 1.165) is 11.1 Å². The number of nitrogens with zero attached hydrogens (tertiary/aromatic N) is 1. The Labute approximate surface area is 201 Å². The molecule has 184 valence electrons. The Morgan fingerprint density at radius 1 is 1.03 bits per heavy atom. The van der Waals surface area contributed by atoms with Crippen molar-refractivity contribution in [3.8, 4) is 11.5 Å². The topological polar surface area (TPSA) is 102 Å². The Morgan fingerprint density at radius 3 is 2.12 bits per heavy atom. The summed E-state index contributed by atoms with van der Waals surface area (Å²) in [6.45, 7) is 5.83. The molecule has 0 aliphatic carbocycles. The van der Waals surface area contributed by atoms with E-state index in [4.69, 9.17) is 9.47 Å². The van der Waals surface area contributed by atoms with Gasteiger partial charge in [-0.1, -0.05) is 12.1 Å². The maximum atomic E-state index is 13.0. The Balaban J connectivity index is 1.63. The molecule has 1 N–H and O–H groups in total. The third kappa shape index (κ3) is 5.42. The van der Waals surface area contributed by atoms with Crippen LogP contribution in [0.5, 0.6) is 11.5 Å². The highest BCUT2D eigenvalue weighted by Gasteiger charge is 2.32. The van der Waals surface area contributed by atoms with Crippen molar-refractivity contribution < 1.29 is 27.5 Å². The molecule has 1 aliphatic rings. The minimum atomic E-state index is -3.68. The second-order valence-electron chi connectivity index (χ2n) is 8.55. The first-order chi connectivity index (χ1) is 16.1. The number of piperidine rings is 1. The molecule has 0 saturated carbocycles. The number of benzene rings is 2. The second kappa shape index (κ2) is 10.6. The van der Waals surface area contributed by atoms with Gasteiger partial charge in [0, 0.05) is 24.6 Å². The van der Waals surface area contributed by atoms with Gasteiger partial charge in [0.15, 0.2) is 17.3 Å². The van der Waals surface area contributed by atoms with Crippen molar-refractivity contribution in [2.75, 3.05) is 27.3 Å². The summed E-state index contributed by atoms with van der Waals surface area (Å²) in [6, 6.07) is 9.46. The fraction of sp³-hybridized carbons (Fsp3) is 0.440. The van der Waals surface area contributed by atoms with Crippen LogP contribution in [-0.4, -0.2) is 51.7 Å². The summed E-state index contributed by atoms with van der Waals surface area (Å²) in [5, 5.41) is 3.06. The minimum Gasteiger partial charge on any atom is -0.493 e. The van der Waals surface area contributed by atoms with Gasteiger partial charge >= 0.3 is 0 Å². The van der Waals surface area contributed by atoms with Gasteiger partial charge in [-0.25, -0.2) is 8.42 Å². The first-order valence-corrected chi connectivity index (χ1v) is 12.7. The summed E-state index contributed by atoms with van der Waals surface area (Å²) < 4.78 is 38.1. The third-order valence-electron chi connectivity index (χ3n) is 6.32. The van der Waals surface area contributed by atoms with Crippen LogP contribution in [0.25, 0.3) is 0 Å². The Hall–Kier alpha value is -2.91. The van der Waals surface area contributed by atoms with E-state index in [1.165, 1.54) is 35.5 Å². The Kier molecular flexibility index (Phi) is 7.99. The van der Waals surface area contributed by atoms with Crippen LogP contribution < -0.4 is 14.8 Å². The maximum Gasteiger partial charge on any atom is 0.243 e. The molecular formula is C25H32N2O6S. The zero-order valence-corrected chi connectivity index (χ0v) is 21.1. The molecule has 3 rings (SSSR count). The van der Waals surface area contributed by atoms with Crippen LogP contribution >= 0.6 is 0 Å². The van der Waals surface area contributed by atoms with E-state index in [1.807, 2.05) is 26.0 Å². The van der Waals surface area contributed by atoms with Crippen molar-refractivity contribution >= 4 is 21.7 Å². The number of methoxy groups -OCH3 is 2. The summed E-state index contributed by atoms with van der Waals surface area (Å²) in [6.07, 6.45) is 0.877. The Morgan fingerprint density at radius 2 is 1.59 bits per heavy atom. The van der Waals surface area contributed by atoms with E-state index in [1.54, 1.807) is 14.2 Å². The van der Waals surface area contributed by atoms with Gasteiger partial charge in [-0.2, -0.15) is 4.31 Å². The van der Waals surface area contributed by atoms with E-state index in [9.17, 15) is 18.0 Å². The van der Waals surface area contributed by atoms with Crippen molar-refractivity contribution in [1.29, 1.82) is 0 Å². The number of Topliss-reactive ketones (excluding diaryl/α,β-unsaturated/α-hetero) is 1. The Bertz CT molecular complexity index is 1150. The lowest BCUT2D eigenvalue weighted by molar-refractivity contribution is -0.126. The number of aryl methyl sites for hydroxylation is 1. The molecule has 1 heterocycles. The summed E-state index contributed by atoms with van der Waals surface area (Å²) in [4.78, 5) is 24.5. The van der Waals surface area contributed by atoms with Crippen molar-refractivity contribution in [3.05, 3.63) is 53.1 Å². The molecular weight excluding hydrogens is 456 g/mol. The average molecular weight is 489 g/mol. The summed E-state index contributed by atoms with van der Waals surface area (Å²) >= 11 is 0. The highest BCUT2D eigenvalue weighted by atomic mass is 32.2. The minimum absolute atomic E-state index is 0.0930. The highest BCUT2D eigenvalue weighted by molar-refractivity contribution is 7.89. The maximum absolute atomic E-state index is 13.0. The largest absolute Gasteiger partial charge is 0.493 e. The number of carbonyl (C=O) groups excluding carboxylic acids is 2. The number of carbonyl (C=O) groups is 2. The van der Waals surface area contributed by atoms with E-state index in [0.29, 0.717) is 29.9 Å². The number of rotatable bonds is 8. The number of sulfonamides is 1. The first kappa shape index (κ1) is 25.7. The fourth-order valence-corrected chi connectivity index (χ4v) is 5.71. The van der Waals surface area contributed by atoms with Gasteiger partial charge < -0.3 is 14.8 Å². The molecule has 1 saturated heterocycles. The van der Waals surface area contributed by atoms with Crippen molar-refractivity contribution in [1.82, 2.24) is 9.62 Å². The van der Waals surface area contributed by atoms with E-state index in [-0.39, 0.29) is 41.6 Å². The van der Waals surface area contributed by atoms with Crippen LogP contribution in [0.15, 0.2) is 41.3 Å². The van der Waals surface area contributed by atoms with Gasteiger partial charge in [-0.3, -0.25) is 9.59 Å². The van der Waals surface area contributed by atoms with Crippen molar-refractivity contribution in [3.63, 3.8) is 0 Å². The van der Waals surface area contributed by atoms with E-state index >= 15 is 0 Å². The van der Waals surface area contributed by atoms with Crippen LogP contribution in [0, 0.1) is 12.8 Å². The third-order valence-corrected chi connectivity index (χ3v) is 8.23. The molecule has 2 aromatic carbocycles. The van der Waals surface area contributed by atoms with Crippen LogP contribution in [0.2, 0.25) is 0 Å². The molecule has 1 unspecified atom stereocenters. The van der Waals surface area contributed by atoms with Crippen LogP contribution in [0.3, 0.4) is 0 Å². The standard InChI is InChI=1S/C25H32N2O6S/c1-16-14-23(32-4)24(33-5)15-22(16)17(2)26-25(29)20-10-12-27(13-11-20)34(30,31)21-8-6-19(7-9-21)18(3)28/h6-9,14-15,17,20H,10-13H2,1-5H3,(H,26,29). The molecule has 9 heteroatoms. The molecule has 0 aromatic heterocycles. The van der Waals surface area contributed by atoms with Gasteiger partial charge in [-0.05, 0) is 69.0 Å². The molecule has 0 bridgehead atoms. The number of ether oxygens (including phenoxy) is 2. The summed E-state index contributed by atoms with van der Waals surface area (Å²) in [5.74, 6) is 0.748. The van der Waals surface area contributed by atoms with E-state index < -0.39 is 10.0 Å². The zero-order valence-electron chi connectivity index (χ0n) is 20.3. The van der Waals surface area contributed by atoms with Crippen LogP contribution in [-0.2, 0) is 14.8 Å². The van der Waals surface area contributed by atoms with Gasteiger partial charge in [0.25, 0.3) is 0 Å². The van der Waals surface area contributed by atoms with Crippen LogP contribution in [0.4, 0.5) is 0 Å². The molecule has 34 heavy (non-hydrogen) atoms. The van der Waals surface area contributed by atoms with E-state index in [2.05, 4.69) is 5.32 Å². The first-order valence-electron chi connectivity index (χ1n) is 11.2. The molecule has 1 amide bonds. The molecule has 1 fully saturated rings. The van der Waals surface area contributed by atoms with Crippen LogP contribution in [0.1, 0.15) is 54.2 Å². The van der Waals surface area contributed by atoms with Gasteiger partial charge in [0.2, 0.25) is 15.9 Å². The number of amides is 1. The number of ketones is 1. The lowest BCUT2D eigenvalue weighted by Crippen LogP contribution is -2.43. The summed E-state index contributed by atoms with van der Waals surface area (Å²) in [5.41, 5.74) is 2.37. The molecule has 0 spiro atoms. The molecule has 1 atom stereocenters. The highest BCUT2D eigenvalue weighted by Crippen LogP contribution is 2.33. The SMILES string of the molecule is COc1cc(C)c(C(C)NC(=O)C2CCN(S(=O)(=O)c3ccc(C(C)=O)cc3)CC2)cc1OC. The van der Waals surface area contributed by atoms with Gasteiger partial charge in [0.1, 0.15) is 0 Å². The number of nitrogens with one attached hydrogen (secondary N) is 1. The zero-order chi connectivity index (χ0) is 25.0. The smallest absolute Gasteiger partial charge is 0.243 e. The molecule has 1 aliphatic heterocycles. The van der Waals surface area contributed by atoms with Crippen molar-refractivity contribution in [2.24, 2.45) is 5.92 Å². The summed E-state index contributed by atoms with van der Waals surface area (Å²) in [7, 11) is -0.527. The number of hydrogen-bond donors (Lipinski definition) is 1. The predicted molar refractivity (Wildman–Crippen MR) is 129 cm³/mol. The fourth-order valence-electron chi connectivity index (χ4n) is 4.24. The quantitative estimate of drug-likeness (QED) is 0.571. The monoisotopic (exact) mass is 488 g/mol. The normalized spacial score (nSPS) is 16.0.